The maximum Gasteiger partial charge on any atom is 0.122 e. The predicted molar refractivity (Wildman–Crippen MR) is 58.5 cm³/mol. The van der Waals surface area contributed by atoms with Crippen LogP contribution in [0.4, 0.5) is 0 Å². The van der Waals surface area contributed by atoms with E-state index in [0.29, 0.717) is 0 Å². The maximum absolute atomic E-state index is 5.52. The van der Waals surface area contributed by atoms with Crippen LogP contribution in [0.3, 0.4) is 0 Å². The molecule has 0 spiro atoms. The number of nitrogens with one attached hydrogen (secondary N) is 1. The third-order valence-electron chi connectivity index (χ3n) is 2.68. The summed E-state index contributed by atoms with van der Waals surface area (Å²) >= 11 is 0. The molecule has 1 aliphatic rings. The fourth-order valence-corrected chi connectivity index (χ4v) is 1.45. The van der Waals surface area contributed by atoms with Crippen molar-refractivity contribution < 1.29 is 4.74 Å². The third kappa shape index (κ3) is 3.64. The zero-order valence-corrected chi connectivity index (χ0v) is 9.28. The van der Waals surface area contributed by atoms with E-state index in [0.717, 1.165) is 38.0 Å². The molecule has 0 bridgehead atoms. The molecule has 84 valence electrons. The van der Waals surface area contributed by atoms with Gasteiger partial charge in [-0.1, -0.05) is 0 Å². The van der Waals surface area contributed by atoms with Crippen LogP contribution in [-0.2, 0) is 18.3 Å². The second-order valence-corrected chi connectivity index (χ2v) is 4.15. The van der Waals surface area contributed by atoms with Crippen molar-refractivity contribution in [1.29, 1.82) is 0 Å². The highest BCUT2D eigenvalue weighted by atomic mass is 16.5. The van der Waals surface area contributed by atoms with E-state index in [4.69, 9.17) is 4.74 Å². The van der Waals surface area contributed by atoms with Gasteiger partial charge in [0.1, 0.15) is 5.82 Å². The fourth-order valence-electron chi connectivity index (χ4n) is 1.45. The average Bonchev–Trinajstić information content (AvgIpc) is 2.96. The van der Waals surface area contributed by atoms with Crippen LogP contribution in [0.15, 0.2) is 12.4 Å². The van der Waals surface area contributed by atoms with Gasteiger partial charge < -0.3 is 14.6 Å². The van der Waals surface area contributed by atoms with Crippen molar-refractivity contribution >= 4 is 0 Å². The molecule has 4 nitrogen and oxygen atoms in total. The quantitative estimate of drug-likeness (QED) is 0.679. The first kappa shape index (κ1) is 10.6. The first-order valence-electron chi connectivity index (χ1n) is 5.61. The van der Waals surface area contributed by atoms with Crippen LogP contribution in [0.25, 0.3) is 0 Å². The standard InChI is InChI=1S/C11H19N3O/c1-14-6-4-13-11(14)8-12-5-7-15-9-10-2-3-10/h4,6,10,12H,2-3,5,7-9H2,1H3. The predicted octanol–water partition coefficient (Wildman–Crippen LogP) is 0.936. The van der Waals surface area contributed by atoms with Crippen molar-refractivity contribution in [3.8, 4) is 0 Å². The van der Waals surface area contributed by atoms with E-state index in [1.165, 1.54) is 12.8 Å². The van der Waals surface area contributed by atoms with Crippen LogP contribution < -0.4 is 5.32 Å². The molecule has 1 saturated carbocycles. The molecule has 0 radical (unpaired) electrons. The van der Waals surface area contributed by atoms with Crippen LogP contribution in [0.1, 0.15) is 18.7 Å². The topological polar surface area (TPSA) is 39.1 Å². The second-order valence-electron chi connectivity index (χ2n) is 4.15. The largest absolute Gasteiger partial charge is 0.380 e. The first-order valence-corrected chi connectivity index (χ1v) is 5.61. The Labute approximate surface area is 90.6 Å². The van der Waals surface area contributed by atoms with Crippen molar-refractivity contribution in [3.63, 3.8) is 0 Å². The van der Waals surface area contributed by atoms with Crippen LogP contribution in [0.5, 0.6) is 0 Å². The normalized spacial score (nSPS) is 15.8. The zero-order chi connectivity index (χ0) is 10.5. The van der Waals surface area contributed by atoms with Gasteiger partial charge in [0.2, 0.25) is 0 Å². The minimum atomic E-state index is 0.806. The van der Waals surface area contributed by atoms with Crippen molar-refractivity contribution in [3.05, 3.63) is 18.2 Å². The van der Waals surface area contributed by atoms with Gasteiger partial charge in [-0.3, -0.25) is 0 Å². The molecule has 0 aliphatic heterocycles. The Hall–Kier alpha value is -0.870. The number of aryl methyl sites for hydroxylation is 1. The summed E-state index contributed by atoms with van der Waals surface area (Å²) in [5, 5.41) is 3.31. The highest BCUT2D eigenvalue weighted by Crippen LogP contribution is 2.28. The van der Waals surface area contributed by atoms with Gasteiger partial charge >= 0.3 is 0 Å². The van der Waals surface area contributed by atoms with Crippen LogP contribution in [0.2, 0.25) is 0 Å². The number of ether oxygens (including phenoxy) is 1. The number of hydrogen-bond acceptors (Lipinski definition) is 3. The lowest BCUT2D eigenvalue weighted by atomic mass is 10.5. The van der Waals surface area contributed by atoms with Gasteiger partial charge in [-0.05, 0) is 18.8 Å². The number of aromatic nitrogens is 2. The summed E-state index contributed by atoms with van der Waals surface area (Å²) < 4.78 is 7.54. The Kier molecular flexibility index (Phi) is 3.75. The molecule has 4 heteroatoms. The molecule has 1 N–H and O–H groups in total. The van der Waals surface area contributed by atoms with Crippen LogP contribution in [0, 0.1) is 5.92 Å². The van der Waals surface area contributed by atoms with Gasteiger partial charge in [-0.2, -0.15) is 0 Å². The monoisotopic (exact) mass is 209 g/mol. The minimum absolute atomic E-state index is 0.806. The molecule has 2 rings (SSSR count). The lowest BCUT2D eigenvalue weighted by Gasteiger charge is -2.05. The summed E-state index contributed by atoms with van der Waals surface area (Å²) in [5.41, 5.74) is 0. The molecule has 0 amide bonds. The van der Waals surface area contributed by atoms with Gasteiger partial charge in [0.05, 0.1) is 13.2 Å². The third-order valence-corrected chi connectivity index (χ3v) is 2.68. The van der Waals surface area contributed by atoms with Gasteiger partial charge in [0.15, 0.2) is 0 Å². The highest BCUT2D eigenvalue weighted by molar-refractivity contribution is 4.90. The Balaban J connectivity index is 1.49. The van der Waals surface area contributed by atoms with E-state index in [1.807, 2.05) is 24.0 Å². The molecular formula is C11H19N3O. The number of rotatable bonds is 7. The Morgan fingerprint density at radius 1 is 1.60 bits per heavy atom. The number of hydrogen-bond donors (Lipinski definition) is 1. The zero-order valence-electron chi connectivity index (χ0n) is 9.28. The molecule has 15 heavy (non-hydrogen) atoms. The summed E-state index contributed by atoms with van der Waals surface area (Å²) in [5.74, 6) is 1.93. The van der Waals surface area contributed by atoms with Crippen LogP contribution in [-0.4, -0.2) is 29.3 Å². The van der Waals surface area contributed by atoms with Crippen molar-refractivity contribution in [1.82, 2.24) is 14.9 Å². The molecule has 1 fully saturated rings. The van der Waals surface area contributed by atoms with Crippen molar-refractivity contribution in [2.45, 2.75) is 19.4 Å². The highest BCUT2D eigenvalue weighted by Gasteiger charge is 2.20. The van der Waals surface area contributed by atoms with Gasteiger partial charge in [-0.15, -0.1) is 0 Å². The summed E-state index contributed by atoms with van der Waals surface area (Å²) in [7, 11) is 2.01. The summed E-state index contributed by atoms with van der Waals surface area (Å²) in [4.78, 5) is 4.23. The summed E-state index contributed by atoms with van der Waals surface area (Å²) in [6.45, 7) is 3.47. The molecule has 1 heterocycles. The lowest BCUT2D eigenvalue weighted by Crippen LogP contribution is -2.21. The second kappa shape index (κ2) is 5.28. The molecule has 0 unspecified atom stereocenters. The van der Waals surface area contributed by atoms with E-state index in [-0.39, 0.29) is 0 Å². The molecular weight excluding hydrogens is 190 g/mol. The van der Waals surface area contributed by atoms with Gasteiger partial charge in [0.25, 0.3) is 0 Å². The summed E-state index contributed by atoms with van der Waals surface area (Å²) in [6, 6.07) is 0. The number of nitrogens with zero attached hydrogens (tertiary/aromatic N) is 2. The maximum atomic E-state index is 5.52. The SMILES string of the molecule is Cn1ccnc1CNCCOCC1CC1. The van der Waals surface area contributed by atoms with Gasteiger partial charge in [0, 0.05) is 32.6 Å². The van der Waals surface area contributed by atoms with Crippen molar-refractivity contribution in [2.24, 2.45) is 13.0 Å². The lowest BCUT2D eigenvalue weighted by molar-refractivity contribution is 0.126. The van der Waals surface area contributed by atoms with Gasteiger partial charge in [-0.25, -0.2) is 4.98 Å². The van der Waals surface area contributed by atoms with E-state index < -0.39 is 0 Å². The number of imidazole rings is 1. The molecule has 1 aromatic heterocycles. The molecule has 0 atom stereocenters. The smallest absolute Gasteiger partial charge is 0.122 e. The molecule has 0 aromatic carbocycles. The fraction of sp³-hybridized carbons (Fsp3) is 0.727. The Morgan fingerprint density at radius 2 is 2.47 bits per heavy atom. The minimum Gasteiger partial charge on any atom is -0.380 e. The van der Waals surface area contributed by atoms with E-state index in [9.17, 15) is 0 Å². The Morgan fingerprint density at radius 3 is 3.13 bits per heavy atom. The summed E-state index contributed by atoms with van der Waals surface area (Å²) in [6.07, 6.45) is 6.50. The Bertz CT molecular complexity index is 294. The van der Waals surface area contributed by atoms with Crippen molar-refractivity contribution in [2.75, 3.05) is 19.8 Å². The van der Waals surface area contributed by atoms with E-state index >= 15 is 0 Å². The molecule has 0 saturated heterocycles. The van der Waals surface area contributed by atoms with Crippen LogP contribution >= 0.6 is 0 Å². The molecule has 1 aromatic rings. The average molecular weight is 209 g/mol. The first-order chi connectivity index (χ1) is 7.36. The van der Waals surface area contributed by atoms with E-state index in [2.05, 4.69) is 10.3 Å². The molecule has 1 aliphatic carbocycles. The van der Waals surface area contributed by atoms with E-state index in [1.54, 1.807) is 0 Å².